The number of ether oxygens (including phenoxy) is 2. The van der Waals surface area contributed by atoms with Gasteiger partial charge in [0.1, 0.15) is 5.75 Å². The van der Waals surface area contributed by atoms with Gasteiger partial charge in [-0.3, -0.25) is 0 Å². The maximum Gasteiger partial charge on any atom is 0.260 e. The van der Waals surface area contributed by atoms with Gasteiger partial charge in [0.15, 0.2) is 0 Å². The van der Waals surface area contributed by atoms with Crippen LogP contribution in [0.3, 0.4) is 0 Å². The lowest BCUT2D eigenvalue weighted by atomic mass is 10.1. The fraction of sp³-hybridized carbons (Fsp3) is 0.143. The molecule has 0 spiro atoms. The maximum atomic E-state index is 5.60. The molecule has 0 aromatic heterocycles. The summed E-state index contributed by atoms with van der Waals surface area (Å²) in [4.78, 5) is 0. The maximum absolute atomic E-state index is 5.60. The number of rotatable bonds is 3. The first-order valence-electron chi connectivity index (χ1n) is 5.17. The SMILES string of the molecule is C=C(C)c1ccc(OC2C=CC=CO2)cc1. The molecule has 0 fully saturated rings. The van der Waals surface area contributed by atoms with Crippen molar-refractivity contribution in [1.29, 1.82) is 0 Å². The second-order valence-corrected chi connectivity index (χ2v) is 3.64. The van der Waals surface area contributed by atoms with Gasteiger partial charge in [0.05, 0.1) is 6.26 Å². The van der Waals surface area contributed by atoms with E-state index in [0.717, 1.165) is 16.9 Å². The molecule has 1 atom stereocenters. The summed E-state index contributed by atoms with van der Waals surface area (Å²) in [6, 6.07) is 7.80. The van der Waals surface area contributed by atoms with Crippen molar-refractivity contribution in [3.8, 4) is 5.75 Å². The first-order valence-corrected chi connectivity index (χ1v) is 5.17. The number of hydrogen-bond acceptors (Lipinski definition) is 2. The largest absolute Gasteiger partial charge is 0.459 e. The van der Waals surface area contributed by atoms with E-state index < -0.39 is 0 Å². The molecule has 0 N–H and O–H groups in total. The van der Waals surface area contributed by atoms with Crippen molar-refractivity contribution in [2.45, 2.75) is 13.2 Å². The normalized spacial score (nSPS) is 17.9. The average molecular weight is 214 g/mol. The van der Waals surface area contributed by atoms with Crippen LogP contribution in [0.5, 0.6) is 5.75 Å². The minimum atomic E-state index is -0.333. The van der Waals surface area contributed by atoms with Crippen molar-refractivity contribution in [2.75, 3.05) is 0 Å². The van der Waals surface area contributed by atoms with Crippen molar-refractivity contribution in [3.05, 3.63) is 60.9 Å². The Hall–Kier alpha value is -1.96. The van der Waals surface area contributed by atoms with Gasteiger partial charge in [-0.25, -0.2) is 0 Å². The third kappa shape index (κ3) is 2.54. The third-order valence-electron chi connectivity index (χ3n) is 2.27. The van der Waals surface area contributed by atoms with Gasteiger partial charge < -0.3 is 9.47 Å². The van der Waals surface area contributed by atoms with E-state index in [1.54, 1.807) is 6.26 Å². The van der Waals surface area contributed by atoms with E-state index in [2.05, 4.69) is 6.58 Å². The van der Waals surface area contributed by atoms with Crippen LogP contribution in [0.25, 0.3) is 5.57 Å². The Morgan fingerprint density at radius 3 is 2.56 bits per heavy atom. The zero-order valence-electron chi connectivity index (χ0n) is 9.22. The lowest BCUT2D eigenvalue weighted by Crippen LogP contribution is -2.16. The molecular formula is C14H14O2. The Bertz CT molecular complexity index is 427. The zero-order valence-corrected chi connectivity index (χ0v) is 9.22. The van der Waals surface area contributed by atoms with Gasteiger partial charge in [0.25, 0.3) is 6.29 Å². The fourth-order valence-corrected chi connectivity index (χ4v) is 1.39. The molecule has 1 aromatic carbocycles. The van der Waals surface area contributed by atoms with Gasteiger partial charge in [-0.2, -0.15) is 0 Å². The molecule has 0 saturated heterocycles. The van der Waals surface area contributed by atoms with Crippen molar-refractivity contribution in [1.82, 2.24) is 0 Å². The van der Waals surface area contributed by atoms with Gasteiger partial charge in [0.2, 0.25) is 0 Å². The molecule has 1 heterocycles. The van der Waals surface area contributed by atoms with Crippen LogP contribution >= 0.6 is 0 Å². The first-order chi connectivity index (χ1) is 7.75. The Morgan fingerprint density at radius 2 is 2.00 bits per heavy atom. The van der Waals surface area contributed by atoms with E-state index in [1.165, 1.54) is 0 Å². The summed E-state index contributed by atoms with van der Waals surface area (Å²) in [5.41, 5.74) is 2.16. The van der Waals surface area contributed by atoms with E-state index in [1.807, 2.05) is 49.4 Å². The van der Waals surface area contributed by atoms with Crippen LogP contribution in [0.4, 0.5) is 0 Å². The lowest BCUT2D eigenvalue weighted by molar-refractivity contribution is 0.00787. The van der Waals surface area contributed by atoms with Gasteiger partial charge in [-0.1, -0.05) is 30.4 Å². The molecule has 0 radical (unpaired) electrons. The molecule has 2 nitrogen and oxygen atoms in total. The van der Waals surface area contributed by atoms with Crippen molar-refractivity contribution >= 4 is 5.57 Å². The first kappa shape index (κ1) is 10.6. The minimum absolute atomic E-state index is 0.333. The average Bonchev–Trinajstić information content (AvgIpc) is 2.31. The minimum Gasteiger partial charge on any atom is -0.459 e. The highest BCUT2D eigenvalue weighted by Crippen LogP contribution is 2.19. The van der Waals surface area contributed by atoms with E-state index in [-0.39, 0.29) is 6.29 Å². The molecule has 1 aliphatic rings. The summed E-state index contributed by atoms with van der Waals surface area (Å²) in [7, 11) is 0. The molecule has 2 rings (SSSR count). The van der Waals surface area contributed by atoms with E-state index >= 15 is 0 Å². The number of allylic oxidation sites excluding steroid dienone is 3. The Labute approximate surface area is 95.5 Å². The predicted octanol–water partition coefficient (Wildman–Crippen LogP) is 3.52. The molecule has 0 bridgehead atoms. The van der Waals surface area contributed by atoms with Crippen LogP contribution < -0.4 is 4.74 Å². The second kappa shape index (κ2) is 4.71. The molecule has 1 aromatic rings. The Kier molecular flexibility index (Phi) is 3.10. The molecule has 2 heteroatoms. The Morgan fingerprint density at radius 1 is 1.25 bits per heavy atom. The van der Waals surface area contributed by atoms with E-state index in [4.69, 9.17) is 9.47 Å². The smallest absolute Gasteiger partial charge is 0.260 e. The fourth-order valence-electron chi connectivity index (χ4n) is 1.39. The monoisotopic (exact) mass is 214 g/mol. The second-order valence-electron chi connectivity index (χ2n) is 3.64. The molecule has 0 aliphatic carbocycles. The zero-order chi connectivity index (χ0) is 11.4. The van der Waals surface area contributed by atoms with Crippen LogP contribution in [-0.4, -0.2) is 6.29 Å². The third-order valence-corrected chi connectivity index (χ3v) is 2.27. The lowest BCUT2D eigenvalue weighted by Gasteiger charge is -2.16. The number of benzene rings is 1. The van der Waals surface area contributed by atoms with E-state index in [0.29, 0.717) is 0 Å². The van der Waals surface area contributed by atoms with Crippen molar-refractivity contribution in [2.24, 2.45) is 0 Å². The highest BCUT2D eigenvalue weighted by atomic mass is 16.7. The molecule has 82 valence electrons. The van der Waals surface area contributed by atoms with Crippen molar-refractivity contribution in [3.63, 3.8) is 0 Å². The quantitative estimate of drug-likeness (QED) is 0.766. The molecule has 0 amide bonds. The molecule has 1 unspecified atom stereocenters. The summed E-state index contributed by atoms with van der Waals surface area (Å²) in [5.74, 6) is 0.787. The van der Waals surface area contributed by atoms with Crippen LogP contribution in [0.1, 0.15) is 12.5 Å². The molecular weight excluding hydrogens is 200 g/mol. The molecule has 1 aliphatic heterocycles. The van der Waals surface area contributed by atoms with Crippen LogP contribution in [-0.2, 0) is 4.74 Å². The summed E-state index contributed by atoms with van der Waals surface area (Å²) in [6.45, 7) is 5.86. The summed E-state index contributed by atoms with van der Waals surface area (Å²) in [6.07, 6.45) is 6.86. The topological polar surface area (TPSA) is 18.5 Å². The van der Waals surface area contributed by atoms with Gasteiger partial charge in [-0.05, 0) is 36.8 Å². The standard InChI is InChI=1S/C14H14O2/c1-11(2)12-6-8-13(9-7-12)16-14-5-3-4-10-15-14/h3-10,14H,1H2,2H3. The Balaban J connectivity index is 2.02. The van der Waals surface area contributed by atoms with Crippen molar-refractivity contribution < 1.29 is 9.47 Å². The molecule has 16 heavy (non-hydrogen) atoms. The summed E-state index contributed by atoms with van der Waals surface area (Å²) >= 11 is 0. The van der Waals surface area contributed by atoms with Crippen LogP contribution in [0.15, 0.2) is 55.3 Å². The highest BCUT2D eigenvalue weighted by molar-refractivity contribution is 5.61. The van der Waals surface area contributed by atoms with Crippen LogP contribution in [0.2, 0.25) is 0 Å². The van der Waals surface area contributed by atoms with Gasteiger partial charge in [-0.15, -0.1) is 0 Å². The number of hydrogen-bond donors (Lipinski definition) is 0. The highest BCUT2D eigenvalue weighted by Gasteiger charge is 2.07. The van der Waals surface area contributed by atoms with Gasteiger partial charge >= 0.3 is 0 Å². The summed E-state index contributed by atoms with van der Waals surface area (Å²) in [5, 5.41) is 0. The summed E-state index contributed by atoms with van der Waals surface area (Å²) < 4.78 is 10.9. The van der Waals surface area contributed by atoms with E-state index in [9.17, 15) is 0 Å². The van der Waals surface area contributed by atoms with Gasteiger partial charge in [0, 0.05) is 0 Å². The molecule has 0 saturated carbocycles. The van der Waals surface area contributed by atoms with Crippen LogP contribution in [0, 0.1) is 0 Å². The predicted molar refractivity (Wildman–Crippen MR) is 64.9 cm³/mol.